The quantitative estimate of drug-likeness (QED) is 0.864. The summed E-state index contributed by atoms with van der Waals surface area (Å²) >= 11 is 0.977. The van der Waals surface area contributed by atoms with Crippen LogP contribution in [0.2, 0.25) is 0 Å². The van der Waals surface area contributed by atoms with Crippen LogP contribution in [0, 0.1) is 17.5 Å². The molecule has 0 saturated heterocycles. The standard InChI is InChI=1S/C14H9F3O2S/c15-10-3-8(4-11(16)6-10)7-20-13-5-9(14(18)19)1-2-12(13)17/h1-6H,7H2,(H,18,19). The van der Waals surface area contributed by atoms with Gasteiger partial charge in [0, 0.05) is 16.7 Å². The summed E-state index contributed by atoms with van der Waals surface area (Å²) in [4.78, 5) is 10.9. The summed E-state index contributed by atoms with van der Waals surface area (Å²) in [5.74, 6) is -3.02. The van der Waals surface area contributed by atoms with Crippen LogP contribution in [0.4, 0.5) is 13.2 Å². The molecule has 0 fully saturated rings. The largest absolute Gasteiger partial charge is 0.478 e. The van der Waals surface area contributed by atoms with Crippen molar-refractivity contribution in [1.82, 2.24) is 0 Å². The summed E-state index contributed by atoms with van der Waals surface area (Å²) in [7, 11) is 0. The maximum Gasteiger partial charge on any atom is 0.335 e. The third-order valence-electron chi connectivity index (χ3n) is 2.49. The number of carboxylic acid groups (broad SMARTS) is 1. The van der Waals surface area contributed by atoms with Gasteiger partial charge in [0.1, 0.15) is 17.5 Å². The number of aromatic carboxylic acids is 1. The van der Waals surface area contributed by atoms with E-state index in [1.54, 1.807) is 0 Å². The third-order valence-corrected chi connectivity index (χ3v) is 3.60. The molecule has 2 aromatic rings. The van der Waals surface area contributed by atoms with Crippen LogP contribution in [-0.2, 0) is 5.75 Å². The second-order valence-corrected chi connectivity index (χ2v) is 5.03. The highest BCUT2D eigenvalue weighted by Gasteiger charge is 2.10. The summed E-state index contributed by atoms with van der Waals surface area (Å²) in [6.45, 7) is 0. The van der Waals surface area contributed by atoms with E-state index in [1.165, 1.54) is 6.07 Å². The lowest BCUT2D eigenvalue weighted by atomic mass is 10.2. The lowest BCUT2D eigenvalue weighted by Gasteiger charge is -2.05. The number of carbonyl (C=O) groups is 1. The second kappa shape index (κ2) is 6.00. The Morgan fingerprint density at radius 1 is 1.05 bits per heavy atom. The van der Waals surface area contributed by atoms with Crippen LogP contribution in [0.1, 0.15) is 15.9 Å². The number of carboxylic acids is 1. The monoisotopic (exact) mass is 298 g/mol. The first-order valence-electron chi connectivity index (χ1n) is 5.56. The van der Waals surface area contributed by atoms with Crippen LogP contribution in [0.5, 0.6) is 0 Å². The summed E-state index contributed by atoms with van der Waals surface area (Å²) < 4.78 is 39.5. The summed E-state index contributed by atoms with van der Waals surface area (Å²) in [6.07, 6.45) is 0. The molecule has 2 nitrogen and oxygen atoms in total. The van der Waals surface area contributed by atoms with Crippen LogP contribution in [0.25, 0.3) is 0 Å². The van der Waals surface area contributed by atoms with Crippen LogP contribution in [-0.4, -0.2) is 11.1 Å². The lowest BCUT2D eigenvalue weighted by Crippen LogP contribution is -1.97. The van der Waals surface area contributed by atoms with Gasteiger partial charge in [-0.15, -0.1) is 11.8 Å². The molecule has 20 heavy (non-hydrogen) atoms. The molecule has 0 unspecified atom stereocenters. The Kier molecular flexibility index (Phi) is 4.34. The van der Waals surface area contributed by atoms with E-state index >= 15 is 0 Å². The Morgan fingerprint density at radius 3 is 2.30 bits per heavy atom. The summed E-state index contributed by atoms with van der Waals surface area (Å²) in [6, 6.07) is 6.45. The van der Waals surface area contributed by atoms with Crippen LogP contribution in [0.3, 0.4) is 0 Å². The van der Waals surface area contributed by atoms with Gasteiger partial charge in [-0.1, -0.05) is 0 Å². The predicted octanol–water partition coefficient (Wildman–Crippen LogP) is 4.09. The fourth-order valence-electron chi connectivity index (χ4n) is 1.60. The van der Waals surface area contributed by atoms with Gasteiger partial charge in [0.25, 0.3) is 0 Å². The summed E-state index contributed by atoms with van der Waals surface area (Å²) in [5.41, 5.74) is 0.312. The van der Waals surface area contributed by atoms with Gasteiger partial charge in [-0.2, -0.15) is 0 Å². The highest BCUT2D eigenvalue weighted by Crippen LogP contribution is 2.27. The van der Waals surface area contributed by atoms with E-state index in [-0.39, 0.29) is 16.2 Å². The Balaban J connectivity index is 2.18. The van der Waals surface area contributed by atoms with Gasteiger partial charge in [0.15, 0.2) is 0 Å². The molecule has 2 aromatic carbocycles. The minimum absolute atomic E-state index is 0.0423. The molecule has 0 bridgehead atoms. The van der Waals surface area contributed by atoms with E-state index in [1.807, 2.05) is 0 Å². The van der Waals surface area contributed by atoms with Crippen molar-refractivity contribution < 1.29 is 23.1 Å². The average molecular weight is 298 g/mol. The number of thioether (sulfide) groups is 1. The van der Waals surface area contributed by atoms with Crippen molar-refractivity contribution >= 4 is 17.7 Å². The van der Waals surface area contributed by atoms with E-state index in [9.17, 15) is 18.0 Å². The SMILES string of the molecule is O=C(O)c1ccc(F)c(SCc2cc(F)cc(F)c2)c1. The molecule has 6 heteroatoms. The fourth-order valence-corrected chi connectivity index (χ4v) is 2.51. The molecule has 0 amide bonds. The Labute approximate surface area is 117 Å². The van der Waals surface area contributed by atoms with Gasteiger partial charge >= 0.3 is 5.97 Å². The van der Waals surface area contributed by atoms with Gasteiger partial charge in [-0.25, -0.2) is 18.0 Å². The van der Waals surface area contributed by atoms with Crippen molar-refractivity contribution in [2.45, 2.75) is 10.6 Å². The first-order valence-corrected chi connectivity index (χ1v) is 6.55. The number of rotatable bonds is 4. The van der Waals surface area contributed by atoms with Gasteiger partial charge in [-0.05, 0) is 35.9 Å². The minimum Gasteiger partial charge on any atom is -0.478 e. The second-order valence-electron chi connectivity index (χ2n) is 4.02. The molecule has 0 radical (unpaired) electrons. The highest BCUT2D eigenvalue weighted by atomic mass is 32.2. The molecule has 0 aliphatic carbocycles. The Bertz CT molecular complexity index is 639. The van der Waals surface area contributed by atoms with Gasteiger partial charge in [0.2, 0.25) is 0 Å². The van der Waals surface area contributed by atoms with Crippen molar-refractivity contribution in [3.05, 3.63) is 65.0 Å². The van der Waals surface area contributed by atoms with E-state index < -0.39 is 23.4 Å². The van der Waals surface area contributed by atoms with Gasteiger partial charge in [0.05, 0.1) is 5.56 Å². The van der Waals surface area contributed by atoms with Crippen LogP contribution in [0.15, 0.2) is 41.3 Å². The van der Waals surface area contributed by atoms with E-state index in [4.69, 9.17) is 5.11 Å². The molecule has 1 N–H and O–H groups in total. The topological polar surface area (TPSA) is 37.3 Å². The predicted molar refractivity (Wildman–Crippen MR) is 69.3 cm³/mol. The number of hydrogen-bond donors (Lipinski definition) is 1. The van der Waals surface area contributed by atoms with E-state index in [0.717, 1.165) is 42.1 Å². The molecule has 104 valence electrons. The smallest absolute Gasteiger partial charge is 0.335 e. The molecule has 0 saturated carbocycles. The highest BCUT2D eigenvalue weighted by molar-refractivity contribution is 7.98. The molecule has 0 aliphatic rings. The summed E-state index contributed by atoms with van der Waals surface area (Å²) in [5, 5.41) is 8.83. The van der Waals surface area contributed by atoms with Crippen molar-refractivity contribution in [3.8, 4) is 0 Å². The van der Waals surface area contributed by atoms with Crippen molar-refractivity contribution in [2.24, 2.45) is 0 Å². The van der Waals surface area contributed by atoms with Crippen LogP contribution >= 0.6 is 11.8 Å². The molecular formula is C14H9F3O2S. The zero-order chi connectivity index (χ0) is 14.7. The fraction of sp³-hybridized carbons (Fsp3) is 0.0714. The van der Waals surface area contributed by atoms with Crippen LogP contribution < -0.4 is 0 Å². The Hall–Kier alpha value is -1.95. The van der Waals surface area contributed by atoms with Crippen molar-refractivity contribution in [1.29, 1.82) is 0 Å². The maximum absolute atomic E-state index is 13.5. The lowest BCUT2D eigenvalue weighted by molar-refractivity contribution is 0.0696. The first-order chi connectivity index (χ1) is 9.45. The van der Waals surface area contributed by atoms with Crippen molar-refractivity contribution in [2.75, 3.05) is 0 Å². The van der Waals surface area contributed by atoms with E-state index in [2.05, 4.69) is 0 Å². The third kappa shape index (κ3) is 3.54. The molecular weight excluding hydrogens is 289 g/mol. The van der Waals surface area contributed by atoms with E-state index in [0.29, 0.717) is 5.56 Å². The molecule has 0 heterocycles. The van der Waals surface area contributed by atoms with Gasteiger partial charge < -0.3 is 5.11 Å². The zero-order valence-corrected chi connectivity index (χ0v) is 10.9. The molecule has 0 aromatic heterocycles. The Morgan fingerprint density at radius 2 is 1.70 bits per heavy atom. The molecule has 2 rings (SSSR count). The molecule has 0 spiro atoms. The maximum atomic E-state index is 13.5. The number of benzene rings is 2. The minimum atomic E-state index is -1.16. The number of hydrogen-bond acceptors (Lipinski definition) is 2. The normalized spacial score (nSPS) is 10.6. The molecule has 0 aliphatic heterocycles. The molecule has 0 atom stereocenters. The zero-order valence-electron chi connectivity index (χ0n) is 10.1. The first kappa shape index (κ1) is 14.5. The average Bonchev–Trinajstić information content (AvgIpc) is 2.36. The van der Waals surface area contributed by atoms with Gasteiger partial charge in [-0.3, -0.25) is 0 Å². The number of halogens is 3. The van der Waals surface area contributed by atoms with Crippen molar-refractivity contribution in [3.63, 3.8) is 0 Å².